The number of nitrogens with two attached hydrogens (primary N) is 1. The second-order valence-corrected chi connectivity index (χ2v) is 6.82. The molecule has 2 atom stereocenters. The maximum Gasteiger partial charge on any atom is 0.222 e. The Bertz CT molecular complexity index is 294. The van der Waals surface area contributed by atoms with Gasteiger partial charge in [-0.1, -0.05) is 47.0 Å². The summed E-state index contributed by atoms with van der Waals surface area (Å²) in [6, 6.07) is 0.221. The standard InChI is InChI=1S/C16H32N2O.ClH/c1-5-7-8-13(6-2)11-15(19)18-10-9-14(17)16(3,4)12-18;/h13-14H,5-12,17H2,1-4H3;1H. The fourth-order valence-electron chi connectivity index (χ4n) is 2.91. The van der Waals surface area contributed by atoms with Gasteiger partial charge in [-0.05, 0) is 24.2 Å². The van der Waals surface area contributed by atoms with Crippen LogP contribution in [0.2, 0.25) is 0 Å². The predicted octanol–water partition coefficient (Wildman–Crippen LogP) is 3.60. The summed E-state index contributed by atoms with van der Waals surface area (Å²) in [4.78, 5) is 14.4. The molecule has 0 radical (unpaired) electrons. The van der Waals surface area contributed by atoms with Gasteiger partial charge in [-0.25, -0.2) is 0 Å². The van der Waals surface area contributed by atoms with Gasteiger partial charge in [0.05, 0.1) is 0 Å². The summed E-state index contributed by atoms with van der Waals surface area (Å²) in [7, 11) is 0. The maximum absolute atomic E-state index is 12.4. The van der Waals surface area contributed by atoms with E-state index in [0.717, 1.165) is 32.4 Å². The highest BCUT2D eigenvalue weighted by Crippen LogP contribution is 2.29. The van der Waals surface area contributed by atoms with Crippen molar-refractivity contribution in [3.05, 3.63) is 0 Å². The number of nitrogens with zero attached hydrogens (tertiary/aromatic N) is 1. The molecule has 0 aliphatic carbocycles. The first-order valence-corrected chi connectivity index (χ1v) is 7.94. The van der Waals surface area contributed by atoms with Crippen molar-refractivity contribution in [3.8, 4) is 0 Å². The van der Waals surface area contributed by atoms with Gasteiger partial charge in [-0.3, -0.25) is 4.79 Å². The zero-order chi connectivity index (χ0) is 14.5. The molecule has 1 aliphatic heterocycles. The summed E-state index contributed by atoms with van der Waals surface area (Å²) in [6.45, 7) is 10.4. The topological polar surface area (TPSA) is 46.3 Å². The zero-order valence-electron chi connectivity index (χ0n) is 13.7. The van der Waals surface area contributed by atoms with Gasteiger partial charge in [-0.2, -0.15) is 0 Å². The van der Waals surface area contributed by atoms with Crippen molar-refractivity contribution in [2.24, 2.45) is 17.1 Å². The third-order valence-electron chi connectivity index (χ3n) is 4.67. The normalized spacial score (nSPS) is 23.1. The molecule has 0 aromatic rings. The molecule has 0 aromatic carbocycles. The average Bonchev–Trinajstić information content (AvgIpc) is 2.37. The molecule has 0 bridgehead atoms. The van der Waals surface area contributed by atoms with E-state index in [1.54, 1.807) is 0 Å². The molecule has 1 fully saturated rings. The molecule has 120 valence electrons. The second kappa shape index (κ2) is 8.89. The van der Waals surface area contributed by atoms with Gasteiger partial charge >= 0.3 is 0 Å². The molecule has 1 aliphatic rings. The average molecular weight is 305 g/mol. The summed E-state index contributed by atoms with van der Waals surface area (Å²) in [6.07, 6.45) is 6.42. The molecule has 1 heterocycles. The molecule has 20 heavy (non-hydrogen) atoms. The molecule has 0 spiro atoms. The van der Waals surface area contributed by atoms with Crippen molar-refractivity contribution in [1.29, 1.82) is 0 Å². The van der Waals surface area contributed by atoms with Gasteiger partial charge in [0.2, 0.25) is 5.91 Å². The molecule has 4 heteroatoms. The van der Waals surface area contributed by atoms with Crippen LogP contribution >= 0.6 is 12.4 Å². The number of halogens is 1. The van der Waals surface area contributed by atoms with Crippen LogP contribution in [0.1, 0.15) is 66.2 Å². The van der Waals surface area contributed by atoms with Crippen molar-refractivity contribution in [2.75, 3.05) is 13.1 Å². The van der Waals surface area contributed by atoms with Crippen molar-refractivity contribution in [1.82, 2.24) is 4.90 Å². The van der Waals surface area contributed by atoms with Gasteiger partial charge in [0, 0.05) is 25.6 Å². The smallest absolute Gasteiger partial charge is 0.222 e. The van der Waals surface area contributed by atoms with Gasteiger partial charge < -0.3 is 10.6 Å². The fourth-order valence-corrected chi connectivity index (χ4v) is 2.91. The molecule has 2 N–H and O–H groups in total. The summed E-state index contributed by atoms with van der Waals surface area (Å²) in [5, 5.41) is 0. The molecular formula is C16H33ClN2O. The van der Waals surface area contributed by atoms with Crippen molar-refractivity contribution in [2.45, 2.75) is 72.3 Å². The van der Waals surface area contributed by atoms with Crippen LogP contribution < -0.4 is 5.73 Å². The highest BCUT2D eigenvalue weighted by atomic mass is 35.5. The van der Waals surface area contributed by atoms with Crippen molar-refractivity contribution < 1.29 is 4.79 Å². The van der Waals surface area contributed by atoms with E-state index < -0.39 is 0 Å². The Morgan fingerprint density at radius 2 is 2.05 bits per heavy atom. The minimum absolute atomic E-state index is 0. The number of unbranched alkanes of at least 4 members (excludes halogenated alkanes) is 1. The minimum atomic E-state index is 0. The van der Waals surface area contributed by atoms with Crippen LogP contribution in [-0.4, -0.2) is 29.9 Å². The molecule has 3 nitrogen and oxygen atoms in total. The summed E-state index contributed by atoms with van der Waals surface area (Å²) < 4.78 is 0. The van der Waals surface area contributed by atoms with E-state index in [4.69, 9.17) is 5.73 Å². The Hall–Kier alpha value is -0.280. The lowest BCUT2D eigenvalue weighted by Crippen LogP contribution is -2.54. The first-order chi connectivity index (χ1) is 8.90. The fraction of sp³-hybridized carbons (Fsp3) is 0.938. The third kappa shape index (κ3) is 5.61. The number of likely N-dealkylation sites (tertiary alicyclic amines) is 1. The van der Waals surface area contributed by atoms with Crippen LogP contribution in [-0.2, 0) is 4.79 Å². The molecular weight excluding hydrogens is 272 g/mol. The van der Waals surface area contributed by atoms with Crippen LogP contribution in [0.4, 0.5) is 0 Å². The summed E-state index contributed by atoms with van der Waals surface area (Å²) in [5.74, 6) is 0.897. The van der Waals surface area contributed by atoms with E-state index in [9.17, 15) is 4.79 Å². The molecule has 1 amide bonds. The molecule has 2 unspecified atom stereocenters. The van der Waals surface area contributed by atoms with Crippen LogP contribution in [0.3, 0.4) is 0 Å². The lowest BCUT2D eigenvalue weighted by molar-refractivity contribution is -0.135. The number of rotatable bonds is 6. The largest absolute Gasteiger partial charge is 0.342 e. The van der Waals surface area contributed by atoms with Gasteiger partial charge in [0.25, 0.3) is 0 Å². The van der Waals surface area contributed by atoms with Crippen LogP contribution in [0, 0.1) is 11.3 Å². The number of carbonyl (C=O) groups is 1. The van der Waals surface area contributed by atoms with E-state index in [-0.39, 0.29) is 23.9 Å². The molecule has 1 saturated heterocycles. The Balaban J connectivity index is 0.00000361. The van der Waals surface area contributed by atoms with E-state index >= 15 is 0 Å². The predicted molar refractivity (Wildman–Crippen MR) is 88.1 cm³/mol. The quantitative estimate of drug-likeness (QED) is 0.815. The highest BCUT2D eigenvalue weighted by molar-refractivity contribution is 5.85. The Morgan fingerprint density at radius 3 is 2.55 bits per heavy atom. The summed E-state index contributed by atoms with van der Waals surface area (Å²) in [5.41, 5.74) is 6.18. The monoisotopic (exact) mass is 304 g/mol. The summed E-state index contributed by atoms with van der Waals surface area (Å²) >= 11 is 0. The van der Waals surface area contributed by atoms with Gasteiger partial charge in [0.1, 0.15) is 0 Å². The minimum Gasteiger partial charge on any atom is -0.342 e. The second-order valence-electron chi connectivity index (χ2n) is 6.82. The number of piperidine rings is 1. The van der Waals surface area contributed by atoms with Crippen LogP contribution in [0.15, 0.2) is 0 Å². The van der Waals surface area contributed by atoms with Crippen LogP contribution in [0.5, 0.6) is 0 Å². The van der Waals surface area contributed by atoms with E-state index in [2.05, 4.69) is 27.7 Å². The lowest BCUT2D eigenvalue weighted by Gasteiger charge is -2.43. The Morgan fingerprint density at radius 1 is 1.40 bits per heavy atom. The van der Waals surface area contributed by atoms with E-state index in [1.165, 1.54) is 19.3 Å². The van der Waals surface area contributed by atoms with E-state index in [1.807, 2.05) is 4.90 Å². The number of hydrogen-bond acceptors (Lipinski definition) is 2. The van der Waals surface area contributed by atoms with Gasteiger partial charge in [0.15, 0.2) is 0 Å². The third-order valence-corrected chi connectivity index (χ3v) is 4.67. The molecule has 0 saturated carbocycles. The molecule has 1 rings (SSSR count). The number of amides is 1. The van der Waals surface area contributed by atoms with Crippen molar-refractivity contribution in [3.63, 3.8) is 0 Å². The zero-order valence-corrected chi connectivity index (χ0v) is 14.5. The van der Waals surface area contributed by atoms with E-state index in [0.29, 0.717) is 11.8 Å². The first kappa shape index (κ1) is 19.7. The maximum atomic E-state index is 12.4. The van der Waals surface area contributed by atoms with Gasteiger partial charge in [-0.15, -0.1) is 12.4 Å². The SMILES string of the molecule is CCCCC(CC)CC(=O)N1CCC(N)C(C)(C)C1.Cl. The molecule has 0 aromatic heterocycles. The first-order valence-electron chi connectivity index (χ1n) is 7.94. The Kier molecular flexibility index (Phi) is 8.76. The Labute approximate surface area is 131 Å². The number of carbonyl (C=O) groups excluding carboxylic acids is 1. The highest BCUT2D eigenvalue weighted by Gasteiger charge is 2.35. The lowest BCUT2D eigenvalue weighted by atomic mass is 9.79. The van der Waals surface area contributed by atoms with Crippen LogP contribution in [0.25, 0.3) is 0 Å². The number of hydrogen-bond donors (Lipinski definition) is 1. The van der Waals surface area contributed by atoms with Crippen molar-refractivity contribution >= 4 is 18.3 Å².